The van der Waals surface area contributed by atoms with Crippen molar-refractivity contribution in [1.82, 2.24) is 0 Å². The first-order chi connectivity index (χ1) is 10.8. The average molecular weight is 350 g/mol. The predicted molar refractivity (Wildman–Crippen MR) is 84.1 cm³/mol. The van der Waals surface area contributed by atoms with E-state index in [0.717, 1.165) is 31.4 Å². The molecule has 130 valence electrons. The van der Waals surface area contributed by atoms with E-state index < -0.39 is 17.8 Å². The van der Waals surface area contributed by atoms with Gasteiger partial charge in [0, 0.05) is 10.6 Å². The molecule has 0 fully saturated rings. The molecule has 0 aliphatic carbocycles. The largest absolute Gasteiger partial charge is 0.446 e. The van der Waals surface area contributed by atoms with E-state index in [-0.39, 0.29) is 6.10 Å². The molecular formula is C15H21F3N2O2S. The molecule has 1 rings (SSSR count). The highest BCUT2D eigenvalue weighted by Crippen LogP contribution is 2.31. The maximum atomic E-state index is 12.5. The molecule has 1 aromatic carbocycles. The van der Waals surface area contributed by atoms with E-state index in [2.05, 4.69) is 0 Å². The number of benzene rings is 1. The number of hydrogen-bond acceptors (Lipinski definition) is 4. The molecule has 4 nitrogen and oxygen atoms in total. The van der Waals surface area contributed by atoms with E-state index >= 15 is 0 Å². The molecule has 1 aromatic rings. The van der Waals surface area contributed by atoms with Crippen molar-refractivity contribution in [3.8, 4) is 0 Å². The van der Waals surface area contributed by atoms with Crippen molar-refractivity contribution in [1.29, 1.82) is 0 Å². The topological polar surface area (TPSA) is 78.3 Å². The van der Waals surface area contributed by atoms with Gasteiger partial charge in [0.1, 0.15) is 6.10 Å². The Labute approximate surface area is 137 Å². The highest BCUT2D eigenvalue weighted by atomic mass is 32.2. The van der Waals surface area contributed by atoms with E-state index in [1.54, 1.807) is 0 Å². The number of amides is 1. The van der Waals surface area contributed by atoms with Crippen molar-refractivity contribution in [3.05, 3.63) is 29.8 Å². The van der Waals surface area contributed by atoms with Gasteiger partial charge in [-0.2, -0.15) is 13.2 Å². The van der Waals surface area contributed by atoms with Crippen LogP contribution in [0.5, 0.6) is 0 Å². The van der Waals surface area contributed by atoms with Crippen molar-refractivity contribution in [2.75, 3.05) is 12.3 Å². The third kappa shape index (κ3) is 8.13. The lowest BCUT2D eigenvalue weighted by molar-refractivity contribution is -0.137. The molecule has 4 N–H and O–H groups in total. The van der Waals surface area contributed by atoms with Crippen LogP contribution in [0.25, 0.3) is 0 Å². The van der Waals surface area contributed by atoms with Crippen LogP contribution < -0.4 is 11.5 Å². The number of carbonyl (C=O) groups is 1. The third-order valence-electron chi connectivity index (χ3n) is 3.13. The lowest BCUT2D eigenvalue weighted by atomic mass is 10.1. The van der Waals surface area contributed by atoms with Gasteiger partial charge in [-0.1, -0.05) is 6.42 Å². The quantitative estimate of drug-likeness (QED) is 0.525. The minimum atomic E-state index is -4.34. The Morgan fingerprint density at radius 3 is 2.35 bits per heavy atom. The lowest BCUT2D eigenvalue weighted by Crippen LogP contribution is -2.24. The summed E-state index contributed by atoms with van der Waals surface area (Å²) in [5, 5.41) is 0. The SMILES string of the molecule is NCCCCCC(CSc1ccc(C(F)(F)F)cc1)OC(N)=O. The average Bonchev–Trinajstić information content (AvgIpc) is 2.48. The standard InChI is InChI=1S/C15H21F3N2O2S/c16-15(17,18)11-5-7-13(8-6-11)23-10-12(22-14(20)21)4-2-1-3-9-19/h5-8,12H,1-4,9-10,19H2,(H2,20,21). The van der Waals surface area contributed by atoms with Crippen LogP contribution >= 0.6 is 11.8 Å². The Bertz CT molecular complexity index is 481. The van der Waals surface area contributed by atoms with Gasteiger partial charge in [0.15, 0.2) is 0 Å². The number of thioether (sulfide) groups is 1. The Morgan fingerprint density at radius 1 is 1.17 bits per heavy atom. The Balaban J connectivity index is 2.51. The van der Waals surface area contributed by atoms with Gasteiger partial charge in [0.05, 0.1) is 5.56 Å². The number of hydrogen-bond donors (Lipinski definition) is 2. The molecule has 23 heavy (non-hydrogen) atoms. The third-order valence-corrected chi connectivity index (χ3v) is 4.27. The zero-order valence-electron chi connectivity index (χ0n) is 12.6. The summed E-state index contributed by atoms with van der Waals surface area (Å²) in [6.07, 6.45) is -2.22. The molecule has 0 heterocycles. The Kier molecular flexibility index (Phi) is 8.25. The van der Waals surface area contributed by atoms with Crippen LogP contribution in [0, 0.1) is 0 Å². The van der Waals surface area contributed by atoms with E-state index in [1.807, 2.05) is 0 Å². The molecule has 0 bridgehead atoms. The smallest absolute Gasteiger partial charge is 0.416 e. The maximum absolute atomic E-state index is 12.5. The second kappa shape index (κ2) is 9.67. The number of unbranched alkanes of at least 4 members (excludes halogenated alkanes) is 2. The summed E-state index contributed by atoms with van der Waals surface area (Å²) in [4.78, 5) is 11.6. The van der Waals surface area contributed by atoms with Crippen molar-refractivity contribution < 1.29 is 22.7 Å². The summed E-state index contributed by atoms with van der Waals surface area (Å²) >= 11 is 1.33. The molecule has 8 heteroatoms. The van der Waals surface area contributed by atoms with E-state index in [9.17, 15) is 18.0 Å². The molecular weight excluding hydrogens is 329 g/mol. The minimum absolute atomic E-state index is 0.363. The number of nitrogens with two attached hydrogens (primary N) is 2. The fourth-order valence-corrected chi connectivity index (χ4v) is 2.90. The number of halogens is 3. The number of carbonyl (C=O) groups excluding carboxylic acids is 1. The van der Waals surface area contributed by atoms with Crippen molar-refractivity contribution in [2.24, 2.45) is 11.5 Å². The van der Waals surface area contributed by atoms with Gasteiger partial charge in [-0.05, 0) is 50.1 Å². The van der Waals surface area contributed by atoms with Crippen LogP contribution in [0.1, 0.15) is 31.2 Å². The molecule has 0 aromatic heterocycles. The second-order valence-corrected chi connectivity index (χ2v) is 6.12. The number of alkyl halides is 3. The molecule has 1 atom stereocenters. The highest BCUT2D eigenvalue weighted by Gasteiger charge is 2.29. The van der Waals surface area contributed by atoms with Gasteiger partial charge in [0.25, 0.3) is 0 Å². The first-order valence-electron chi connectivity index (χ1n) is 7.29. The number of primary amides is 1. The van der Waals surface area contributed by atoms with Crippen LogP contribution in [0.4, 0.5) is 18.0 Å². The van der Waals surface area contributed by atoms with E-state index in [0.29, 0.717) is 23.6 Å². The fraction of sp³-hybridized carbons (Fsp3) is 0.533. The van der Waals surface area contributed by atoms with Crippen molar-refractivity contribution >= 4 is 17.9 Å². The molecule has 0 aliphatic heterocycles. The zero-order chi connectivity index (χ0) is 17.3. The zero-order valence-corrected chi connectivity index (χ0v) is 13.5. The molecule has 0 saturated carbocycles. The van der Waals surface area contributed by atoms with Crippen molar-refractivity contribution in [2.45, 2.75) is 42.9 Å². The molecule has 0 aliphatic rings. The van der Waals surface area contributed by atoms with Crippen LogP contribution in [0.2, 0.25) is 0 Å². The summed E-state index contributed by atoms with van der Waals surface area (Å²) < 4.78 is 42.5. The monoisotopic (exact) mass is 350 g/mol. The summed E-state index contributed by atoms with van der Waals surface area (Å²) in [5.74, 6) is 0.441. The number of ether oxygens (including phenoxy) is 1. The van der Waals surface area contributed by atoms with Crippen LogP contribution in [-0.2, 0) is 10.9 Å². The lowest BCUT2D eigenvalue weighted by Gasteiger charge is -2.16. The van der Waals surface area contributed by atoms with Gasteiger partial charge in [0.2, 0.25) is 0 Å². The first-order valence-corrected chi connectivity index (χ1v) is 8.27. The maximum Gasteiger partial charge on any atom is 0.416 e. The molecule has 0 radical (unpaired) electrons. The molecule has 1 unspecified atom stereocenters. The van der Waals surface area contributed by atoms with Gasteiger partial charge >= 0.3 is 12.3 Å². The van der Waals surface area contributed by atoms with Gasteiger partial charge in [-0.15, -0.1) is 11.8 Å². The molecule has 0 spiro atoms. The summed E-state index contributed by atoms with van der Waals surface area (Å²) in [7, 11) is 0. The summed E-state index contributed by atoms with van der Waals surface area (Å²) in [6, 6.07) is 4.88. The summed E-state index contributed by atoms with van der Waals surface area (Å²) in [5.41, 5.74) is 9.77. The highest BCUT2D eigenvalue weighted by molar-refractivity contribution is 7.99. The van der Waals surface area contributed by atoms with E-state index in [4.69, 9.17) is 16.2 Å². The first kappa shape index (κ1) is 19.6. The van der Waals surface area contributed by atoms with E-state index in [1.165, 1.54) is 23.9 Å². The van der Waals surface area contributed by atoms with Crippen LogP contribution in [0.15, 0.2) is 29.2 Å². The Morgan fingerprint density at radius 2 is 1.83 bits per heavy atom. The molecule has 1 amide bonds. The van der Waals surface area contributed by atoms with Gasteiger partial charge in [-0.25, -0.2) is 4.79 Å². The molecule has 0 saturated heterocycles. The van der Waals surface area contributed by atoms with Crippen molar-refractivity contribution in [3.63, 3.8) is 0 Å². The summed E-state index contributed by atoms with van der Waals surface area (Å²) in [6.45, 7) is 0.613. The fourth-order valence-electron chi connectivity index (χ4n) is 1.96. The Hall–Kier alpha value is -1.41. The second-order valence-electron chi connectivity index (χ2n) is 5.03. The van der Waals surface area contributed by atoms with Gasteiger partial charge in [-0.3, -0.25) is 0 Å². The van der Waals surface area contributed by atoms with Crippen LogP contribution in [-0.4, -0.2) is 24.5 Å². The predicted octanol–water partition coefficient (Wildman–Crippen LogP) is 3.78. The van der Waals surface area contributed by atoms with Crippen LogP contribution in [0.3, 0.4) is 0 Å². The van der Waals surface area contributed by atoms with Gasteiger partial charge < -0.3 is 16.2 Å². The number of rotatable bonds is 9. The minimum Gasteiger partial charge on any atom is -0.446 e. The normalized spacial score (nSPS) is 12.9.